The zero-order valence-electron chi connectivity index (χ0n) is 15.7. The molecule has 1 unspecified atom stereocenters. The van der Waals surface area contributed by atoms with Gasteiger partial charge in [0.25, 0.3) is 0 Å². The monoisotopic (exact) mass is 364 g/mol. The Hall–Kier alpha value is -2.44. The number of likely N-dealkylation sites (tertiary alicyclic amines) is 1. The van der Waals surface area contributed by atoms with E-state index in [9.17, 15) is 9.59 Å². The van der Waals surface area contributed by atoms with Gasteiger partial charge < -0.3 is 24.4 Å². The number of carbonyl (C=O) groups is 2. The van der Waals surface area contributed by atoms with Crippen molar-refractivity contribution >= 4 is 17.6 Å². The van der Waals surface area contributed by atoms with Crippen LogP contribution in [0.15, 0.2) is 18.2 Å². The molecule has 1 aliphatic heterocycles. The Morgan fingerprint density at radius 1 is 1.15 bits per heavy atom. The lowest BCUT2D eigenvalue weighted by Crippen LogP contribution is -2.45. The molecule has 7 nitrogen and oxygen atoms in total. The average Bonchev–Trinajstić information content (AvgIpc) is 2.67. The third-order valence-electron chi connectivity index (χ3n) is 4.53. The molecule has 1 aliphatic rings. The first kappa shape index (κ1) is 19.9. The minimum absolute atomic E-state index is 0.0905. The maximum Gasteiger partial charge on any atom is 0.305 e. The fourth-order valence-electron chi connectivity index (χ4n) is 3.13. The number of hydrogen-bond acceptors (Lipinski definition) is 6. The molecule has 144 valence electrons. The fourth-order valence-corrected chi connectivity index (χ4v) is 3.13. The molecule has 0 aliphatic carbocycles. The number of esters is 1. The van der Waals surface area contributed by atoms with Crippen molar-refractivity contribution in [1.29, 1.82) is 0 Å². The van der Waals surface area contributed by atoms with Crippen LogP contribution in [0, 0.1) is 0 Å². The van der Waals surface area contributed by atoms with Crippen molar-refractivity contribution in [3.05, 3.63) is 18.2 Å². The van der Waals surface area contributed by atoms with Gasteiger partial charge in [-0.25, -0.2) is 0 Å². The van der Waals surface area contributed by atoms with Gasteiger partial charge in [-0.2, -0.15) is 0 Å². The molecule has 1 aromatic carbocycles. The lowest BCUT2D eigenvalue weighted by atomic mass is 10.0. The van der Waals surface area contributed by atoms with Crippen molar-refractivity contribution in [2.75, 3.05) is 39.7 Å². The molecule has 1 amide bonds. The summed E-state index contributed by atoms with van der Waals surface area (Å²) in [5.41, 5.74) is 0.938. The highest BCUT2D eigenvalue weighted by Crippen LogP contribution is 2.30. The summed E-state index contributed by atoms with van der Waals surface area (Å²) in [4.78, 5) is 25.4. The molecule has 1 aromatic rings. The number of nitrogens with zero attached hydrogens (tertiary/aromatic N) is 1. The quantitative estimate of drug-likeness (QED) is 0.714. The zero-order chi connectivity index (χ0) is 18.9. The fraction of sp³-hybridized carbons (Fsp3) is 0.579. The van der Waals surface area contributed by atoms with E-state index in [0.29, 0.717) is 30.9 Å². The second-order valence-electron chi connectivity index (χ2n) is 6.32. The van der Waals surface area contributed by atoms with Gasteiger partial charge in [-0.3, -0.25) is 9.59 Å². The molecule has 7 heteroatoms. The van der Waals surface area contributed by atoms with E-state index in [2.05, 4.69) is 10.1 Å². The van der Waals surface area contributed by atoms with Crippen LogP contribution < -0.4 is 14.8 Å². The SMILES string of the molecule is COC(=O)CCCC(=O)N1CCCC(Nc2ccc(OC)c(OC)c2)C1. The summed E-state index contributed by atoms with van der Waals surface area (Å²) in [6.07, 6.45) is 3.13. The number of methoxy groups -OCH3 is 3. The molecule has 0 bridgehead atoms. The van der Waals surface area contributed by atoms with Gasteiger partial charge in [0.05, 0.1) is 21.3 Å². The summed E-state index contributed by atoms with van der Waals surface area (Å²) < 4.78 is 15.2. The predicted molar refractivity (Wildman–Crippen MR) is 98.6 cm³/mol. The van der Waals surface area contributed by atoms with Crippen LogP contribution in [0.1, 0.15) is 32.1 Å². The van der Waals surface area contributed by atoms with Crippen LogP contribution >= 0.6 is 0 Å². The maximum absolute atomic E-state index is 12.4. The van der Waals surface area contributed by atoms with Gasteiger partial charge in [-0.15, -0.1) is 0 Å². The van der Waals surface area contributed by atoms with Gasteiger partial charge >= 0.3 is 5.97 Å². The van der Waals surface area contributed by atoms with Gasteiger partial charge in [-0.1, -0.05) is 0 Å². The number of hydrogen-bond donors (Lipinski definition) is 1. The standard InChI is InChI=1S/C19H28N2O5/c1-24-16-10-9-14(12-17(16)25-2)20-15-6-5-11-21(13-15)18(22)7-4-8-19(23)26-3/h9-10,12,15,20H,4-8,11,13H2,1-3H3. The van der Waals surface area contributed by atoms with Gasteiger partial charge in [0.15, 0.2) is 11.5 Å². The summed E-state index contributed by atoms with van der Waals surface area (Å²) in [5, 5.41) is 3.47. The highest BCUT2D eigenvalue weighted by atomic mass is 16.5. The Labute approximate surface area is 154 Å². The summed E-state index contributed by atoms with van der Waals surface area (Å²) >= 11 is 0. The van der Waals surface area contributed by atoms with Gasteiger partial charge in [0, 0.05) is 43.7 Å². The van der Waals surface area contributed by atoms with Crippen LogP contribution in [0.25, 0.3) is 0 Å². The molecular weight excluding hydrogens is 336 g/mol. The van der Waals surface area contributed by atoms with E-state index in [4.69, 9.17) is 9.47 Å². The normalized spacial score (nSPS) is 16.7. The number of amides is 1. The Morgan fingerprint density at radius 3 is 2.62 bits per heavy atom. The molecule has 26 heavy (non-hydrogen) atoms. The second kappa shape index (κ2) is 9.89. The number of benzene rings is 1. The van der Waals surface area contributed by atoms with E-state index in [1.165, 1.54) is 7.11 Å². The maximum atomic E-state index is 12.4. The van der Waals surface area contributed by atoms with E-state index in [1.54, 1.807) is 14.2 Å². The smallest absolute Gasteiger partial charge is 0.305 e. The van der Waals surface area contributed by atoms with Crippen molar-refractivity contribution in [3.8, 4) is 11.5 Å². The minimum Gasteiger partial charge on any atom is -0.493 e. The average molecular weight is 364 g/mol. The second-order valence-corrected chi connectivity index (χ2v) is 6.32. The van der Waals surface area contributed by atoms with Crippen molar-refractivity contribution in [2.24, 2.45) is 0 Å². The Balaban J connectivity index is 1.87. The van der Waals surface area contributed by atoms with Crippen LogP contribution in [0.3, 0.4) is 0 Å². The summed E-state index contributed by atoms with van der Waals surface area (Å²) in [6, 6.07) is 5.89. The molecule has 0 radical (unpaired) electrons. The molecule has 2 rings (SSSR count). The molecule has 0 saturated carbocycles. The molecule has 0 spiro atoms. The lowest BCUT2D eigenvalue weighted by Gasteiger charge is -2.34. The number of ether oxygens (including phenoxy) is 3. The topological polar surface area (TPSA) is 77.1 Å². The molecule has 1 fully saturated rings. The number of piperidine rings is 1. The summed E-state index contributed by atoms with van der Waals surface area (Å²) in [6.45, 7) is 1.42. The van der Waals surface area contributed by atoms with E-state index in [-0.39, 0.29) is 24.3 Å². The molecule has 1 N–H and O–H groups in total. The Morgan fingerprint density at radius 2 is 1.92 bits per heavy atom. The highest BCUT2D eigenvalue weighted by Gasteiger charge is 2.23. The summed E-state index contributed by atoms with van der Waals surface area (Å²) in [7, 11) is 4.58. The van der Waals surface area contributed by atoms with Crippen LogP contribution in [0.5, 0.6) is 11.5 Å². The highest BCUT2D eigenvalue weighted by molar-refractivity contribution is 5.77. The van der Waals surface area contributed by atoms with Gasteiger partial charge in [0.1, 0.15) is 0 Å². The lowest BCUT2D eigenvalue weighted by molar-refractivity contribution is -0.141. The number of nitrogens with one attached hydrogen (secondary N) is 1. The van der Waals surface area contributed by atoms with Gasteiger partial charge in [0.2, 0.25) is 5.91 Å². The summed E-state index contributed by atoms with van der Waals surface area (Å²) in [5.74, 6) is 1.17. The van der Waals surface area contributed by atoms with Gasteiger partial charge in [-0.05, 0) is 31.4 Å². The number of carbonyl (C=O) groups excluding carboxylic acids is 2. The molecule has 1 heterocycles. The molecule has 0 aromatic heterocycles. The van der Waals surface area contributed by atoms with Crippen LogP contribution in [0.2, 0.25) is 0 Å². The molecule has 1 saturated heterocycles. The van der Waals surface area contributed by atoms with Crippen molar-refractivity contribution < 1.29 is 23.8 Å². The van der Waals surface area contributed by atoms with E-state index in [0.717, 1.165) is 25.1 Å². The molecule has 1 atom stereocenters. The first-order valence-corrected chi connectivity index (χ1v) is 8.90. The van der Waals surface area contributed by atoms with Crippen LogP contribution in [-0.2, 0) is 14.3 Å². The van der Waals surface area contributed by atoms with Crippen molar-refractivity contribution in [3.63, 3.8) is 0 Å². The minimum atomic E-state index is -0.274. The Kier molecular flexibility index (Phi) is 7.56. The zero-order valence-corrected chi connectivity index (χ0v) is 15.7. The first-order chi connectivity index (χ1) is 12.6. The Bertz CT molecular complexity index is 620. The number of rotatable bonds is 8. The van der Waals surface area contributed by atoms with E-state index < -0.39 is 0 Å². The number of anilines is 1. The van der Waals surface area contributed by atoms with Crippen molar-refractivity contribution in [2.45, 2.75) is 38.1 Å². The van der Waals surface area contributed by atoms with E-state index >= 15 is 0 Å². The van der Waals surface area contributed by atoms with E-state index in [1.807, 2.05) is 23.1 Å². The first-order valence-electron chi connectivity index (χ1n) is 8.90. The third kappa shape index (κ3) is 5.54. The van der Waals surface area contributed by atoms with Crippen LogP contribution in [0.4, 0.5) is 5.69 Å². The molecular formula is C19H28N2O5. The third-order valence-corrected chi connectivity index (χ3v) is 4.53. The largest absolute Gasteiger partial charge is 0.493 e. The van der Waals surface area contributed by atoms with Crippen LogP contribution in [-0.4, -0.2) is 57.2 Å². The van der Waals surface area contributed by atoms with Crippen molar-refractivity contribution in [1.82, 2.24) is 4.90 Å². The predicted octanol–water partition coefficient (Wildman–Crippen LogP) is 2.45.